The van der Waals surface area contributed by atoms with Crippen molar-refractivity contribution in [1.82, 2.24) is 4.40 Å². The number of carbonyl (C=O) groups excluding carboxylic acids is 1. The second-order valence-electron chi connectivity index (χ2n) is 3.93. The first-order valence-electron chi connectivity index (χ1n) is 5.44. The minimum Gasteiger partial charge on any atom is -0.319 e. The fourth-order valence-electron chi connectivity index (χ4n) is 2.00. The van der Waals surface area contributed by atoms with Gasteiger partial charge in [0.1, 0.15) is 0 Å². The number of halogens is 1. The SMILES string of the molecule is CCCc1cc(C(C)=O)c2c(Cl)cccn12. The molecule has 0 bridgehead atoms. The summed E-state index contributed by atoms with van der Waals surface area (Å²) in [5, 5.41) is 0.634. The Morgan fingerprint density at radius 2 is 2.25 bits per heavy atom. The molecule has 2 nitrogen and oxygen atoms in total. The highest BCUT2D eigenvalue weighted by Gasteiger charge is 2.13. The molecular weight excluding hydrogens is 222 g/mol. The van der Waals surface area contributed by atoms with Crippen LogP contribution in [-0.4, -0.2) is 10.2 Å². The first-order chi connectivity index (χ1) is 7.65. The molecule has 0 amide bonds. The molecule has 0 radical (unpaired) electrons. The minimum atomic E-state index is 0.0629. The molecule has 0 aromatic carbocycles. The number of fused-ring (bicyclic) bond motifs is 1. The summed E-state index contributed by atoms with van der Waals surface area (Å²) >= 11 is 6.15. The average molecular weight is 236 g/mol. The summed E-state index contributed by atoms with van der Waals surface area (Å²) in [5.41, 5.74) is 2.69. The van der Waals surface area contributed by atoms with E-state index >= 15 is 0 Å². The van der Waals surface area contributed by atoms with Crippen molar-refractivity contribution in [2.24, 2.45) is 0 Å². The van der Waals surface area contributed by atoms with Gasteiger partial charge in [0.15, 0.2) is 5.78 Å². The van der Waals surface area contributed by atoms with Crippen LogP contribution in [0.5, 0.6) is 0 Å². The van der Waals surface area contributed by atoms with Crippen molar-refractivity contribution in [1.29, 1.82) is 0 Å². The van der Waals surface area contributed by atoms with E-state index < -0.39 is 0 Å². The fraction of sp³-hybridized carbons (Fsp3) is 0.308. The van der Waals surface area contributed by atoms with E-state index in [4.69, 9.17) is 11.6 Å². The van der Waals surface area contributed by atoms with Gasteiger partial charge < -0.3 is 4.40 Å². The van der Waals surface area contributed by atoms with E-state index in [0.29, 0.717) is 10.6 Å². The molecule has 0 aliphatic heterocycles. The van der Waals surface area contributed by atoms with Crippen LogP contribution in [0.4, 0.5) is 0 Å². The molecule has 0 atom stereocenters. The van der Waals surface area contributed by atoms with Gasteiger partial charge >= 0.3 is 0 Å². The highest BCUT2D eigenvalue weighted by Crippen LogP contribution is 2.25. The van der Waals surface area contributed by atoms with Crippen molar-refractivity contribution in [2.45, 2.75) is 26.7 Å². The third-order valence-electron chi connectivity index (χ3n) is 2.71. The molecule has 0 aliphatic rings. The van der Waals surface area contributed by atoms with Gasteiger partial charge in [0.05, 0.1) is 10.5 Å². The lowest BCUT2D eigenvalue weighted by Crippen LogP contribution is -1.93. The van der Waals surface area contributed by atoms with Crippen LogP contribution in [0.1, 0.15) is 36.3 Å². The van der Waals surface area contributed by atoms with Crippen LogP contribution in [0.3, 0.4) is 0 Å². The van der Waals surface area contributed by atoms with Gasteiger partial charge in [0.2, 0.25) is 0 Å². The summed E-state index contributed by atoms with van der Waals surface area (Å²) in [6.45, 7) is 3.70. The van der Waals surface area contributed by atoms with Gasteiger partial charge in [0, 0.05) is 17.5 Å². The third-order valence-corrected chi connectivity index (χ3v) is 3.01. The molecule has 0 saturated heterocycles. The van der Waals surface area contributed by atoms with Crippen molar-refractivity contribution in [3.63, 3.8) is 0 Å². The zero-order valence-electron chi connectivity index (χ0n) is 9.46. The lowest BCUT2D eigenvalue weighted by Gasteiger charge is -2.02. The van der Waals surface area contributed by atoms with Gasteiger partial charge in [0.25, 0.3) is 0 Å². The highest BCUT2D eigenvalue weighted by molar-refractivity contribution is 6.34. The molecule has 0 saturated carbocycles. The number of hydrogen-bond acceptors (Lipinski definition) is 1. The Kier molecular flexibility index (Phi) is 3.01. The number of carbonyl (C=O) groups is 1. The van der Waals surface area contributed by atoms with E-state index in [1.807, 2.05) is 28.8 Å². The normalized spacial score (nSPS) is 10.9. The number of hydrogen-bond donors (Lipinski definition) is 0. The molecular formula is C13H14ClNO. The molecule has 0 unspecified atom stereocenters. The van der Waals surface area contributed by atoms with E-state index in [-0.39, 0.29) is 5.78 Å². The van der Waals surface area contributed by atoms with Crippen molar-refractivity contribution in [2.75, 3.05) is 0 Å². The van der Waals surface area contributed by atoms with Gasteiger partial charge in [-0.3, -0.25) is 4.79 Å². The summed E-state index contributed by atoms with van der Waals surface area (Å²) in [6.07, 6.45) is 3.96. The summed E-state index contributed by atoms with van der Waals surface area (Å²) in [4.78, 5) is 11.6. The number of nitrogens with zero attached hydrogens (tertiary/aromatic N) is 1. The van der Waals surface area contributed by atoms with Gasteiger partial charge in [-0.15, -0.1) is 0 Å². The largest absolute Gasteiger partial charge is 0.319 e. The van der Waals surface area contributed by atoms with Crippen LogP contribution in [-0.2, 0) is 6.42 Å². The molecule has 2 heterocycles. The Bertz CT molecular complexity index is 542. The summed E-state index contributed by atoms with van der Waals surface area (Å²) in [5.74, 6) is 0.0629. The topological polar surface area (TPSA) is 21.5 Å². The van der Waals surface area contributed by atoms with Crippen LogP contribution < -0.4 is 0 Å². The second-order valence-corrected chi connectivity index (χ2v) is 4.34. The predicted octanol–water partition coefficient (Wildman–Crippen LogP) is 3.75. The Hall–Kier alpha value is -1.28. The quantitative estimate of drug-likeness (QED) is 0.743. The maximum Gasteiger partial charge on any atom is 0.162 e. The molecule has 0 spiro atoms. The maximum atomic E-state index is 11.6. The van der Waals surface area contributed by atoms with E-state index in [1.54, 1.807) is 6.92 Å². The predicted molar refractivity (Wildman–Crippen MR) is 66.4 cm³/mol. The van der Waals surface area contributed by atoms with E-state index in [1.165, 1.54) is 0 Å². The lowest BCUT2D eigenvalue weighted by atomic mass is 10.1. The first-order valence-corrected chi connectivity index (χ1v) is 5.82. The van der Waals surface area contributed by atoms with Gasteiger partial charge in [-0.1, -0.05) is 24.9 Å². The van der Waals surface area contributed by atoms with Crippen LogP contribution >= 0.6 is 11.6 Å². The number of ketones is 1. The van der Waals surface area contributed by atoms with Crippen LogP contribution in [0, 0.1) is 0 Å². The van der Waals surface area contributed by atoms with Crippen molar-refractivity contribution in [3.05, 3.63) is 40.7 Å². The monoisotopic (exact) mass is 235 g/mol. The number of aromatic nitrogens is 1. The van der Waals surface area contributed by atoms with Gasteiger partial charge in [-0.25, -0.2) is 0 Å². The summed E-state index contributed by atoms with van der Waals surface area (Å²) in [6, 6.07) is 5.67. The zero-order chi connectivity index (χ0) is 11.7. The van der Waals surface area contributed by atoms with Gasteiger partial charge in [-0.2, -0.15) is 0 Å². The van der Waals surface area contributed by atoms with E-state index in [9.17, 15) is 4.79 Å². The Morgan fingerprint density at radius 1 is 1.50 bits per heavy atom. The first kappa shape index (κ1) is 11.2. The van der Waals surface area contributed by atoms with Gasteiger partial charge in [-0.05, 0) is 31.5 Å². The number of Topliss-reactive ketones (excluding diaryl/α,β-unsaturated/α-hetero) is 1. The fourth-order valence-corrected chi connectivity index (χ4v) is 2.27. The smallest absolute Gasteiger partial charge is 0.162 e. The Morgan fingerprint density at radius 3 is 2.88 bits per heavy atom. The number of rotatable bonds is 3. The molecule has 3 heteroatoms. The second kappa shape index (κ2) is 4.30. The molecule has 2 aromatic rings. The number of aryl methyl sites for hydroxylation is 1. The standard InChI is InChI=1S/C13H14ClNO/c1-3-5-10-8-11(9(2)16)13-12(14)6-4-7-15(10)13/h4,6-8H,3,5H2,1-2H3. The zero-order valence-corrected chi connectivity index (χ0v) is 10.2. The van der Waals surface area contributed by atoms with Crippen molar-refractivity contribution in [3.8, 4) is 0 Å². The number of pyridine rings is 1. The molecule has 0 aliphatic carbocycles. The maximum absolute atomic E-state index is 11.6. The van der Waals surface area contributed by atoms with Crippen molar-refractivity contribution >= 4 is 22.9 Å². The van der Waals surface area contributed by atoms with Crippen LogP contribution in [0.15, 0.2) is 24.4 Å². The average Bonchev–Trinajstić information content (AvgIpc) is 2.60. The third kappa shape index (κ3) is 1.74. The van der Waals surface area contributed by atoms with Crippen LogP contribution in [0.25, 0.3) is 5.52 Å². The van der Waals surface area contributed by atoms with Crippen molar-refractivity contribution < 1.29 is 4.79 Å². The molecule has 16 heavy (non-hydrogen) atoms. The van der Waals surface area contributed by atoms with E-state index in [0.717, 1.165) is 24.1 Å². The van der Waals surface area contributed by atoms with Crippen LogP contribution in [0.2, 0.25) is 5.02 Å². The Balaban J connectivity index is 2.76. The lowest BCUT2D eigenvalue weighted by molar-refractivity contribution is 0.101. The molecule has 0 N–H and O–H groups in total. The van der Waals surface area contributed by atoms with E-state index in [2.05, 4.69) is 6.92 Å². The molecule has 2 rings (SSSR count). The Labute approximate surface area is 99.8 Å². The molecule has 0 fully saturated rings. The molecule has 84 valence electrons. The summed E-state index contributed by atoms with van der Waals surface area (Å²) < 4.78 is 2.02. The minimum absolute atomic E-state index is 0.0629. The highest BCUT2D eigenvalue weighted by atomic mass is 35.5. The molecule has 2 aromatic heterocycles. The summed E-state index contributed by atoms with van der Waals surface area (Å²) in [7, 11) is 0.